The first-order valence-corrected chi connectivity index (χ1v) is 14.9. The van der Waals surface area contributed by atoms with Crippen molar-refractivity contribution in [3.05, 3.63) is 147 Å². The molecule has 0 radical (unpaired) electrons. The summed E-state index contributed by atoms with van der Waals surface area (Å²) in [4.78, 5) is 29.9. The summed E-state index contributed by atoms with van der Waals surface area (Å²) in [6.07, 6.45) is 7.55. The van der Waals surface area contributed by atoms with E-state index in [4.69, 9.17) is 4.74 Å². The summed E-state index contributed by atoms with van der Waals surface area (Å²) in [6.45, 7) is 12.4. The lowest BCUT2D eigenvalue weighted by Gasteiger charge is -2.21. The fraction of sp³-hybridized carbons (Fsp3) is 0.179. The molecule has 2 aliphatic rings. The molecule has 0 saturated heterocycles. The van der Waals surface area contributed by atoms with Crippen LogP contribution in [0.15, 0.2) is 108 Å². The molecule has 0 fully saturated rings. The third-order valence-corrected chi connectivity index (χ3v) is 8.32. The third kappa shape index (κ3) is 5.25. The molecule has 0 atom stereocenters. The Morgan fingerprint density at radius 2 is 1.30 bits per heavy atom. The second kappa shape index (κ2) is 11.4. The van der Waals surface area contributed by atoms with Crippen LogP contribution in [0.1, 0.15) is 62.4 Å². The van der Waals surface area contributed by atoms with Crippen LogP contribution < -0.4 is 4.90 Å². The van der Waals surface area contributed by atoms with Gasteiger partial charge in [-0.2, -0.15) is 0 Å². The highest BCUT2D eigenvalue weighted by Crippen LogP contribution is 2.38. The molecular formula is C39H35NO3. The Balaban J connectivity index is 1.45. The number of ether oxygens (including phenoxy) is 1. The number of Topliss-reactive ketones (excluding diaryl/α,β-unsaturated/α-hetero) is 2. The van der Waals surface area contributed by atoms with E-state index in [-0.39, 0.29) is 17.1 Å². The smallest absolute Gasteiger partial charge is 0.198 e. The van der Waals surface area contributed by atoms with Gasteiger partial charge in [0.2, 0.25) is 0 Å². The van der Waals surface area contributed by atoms with E-state index in [0.717, 1.165) is 46.1 Å². The second-order valence-electron chi connectivity index (χ2n) is 11.3. The van der Waals surface area contributed by atoms with Gasteiger partial charge < -0.3 is 9.64 Å². The SMILES string of the molecule is CCN(CC)c1ccc(C=CC2=CC(=C3C(=O)c4cc5ccccc5cc4C3=O)C=C(c3c(C)cc(C)cc3C)O2)cc1. The van der Waals surface area contributed by atoms with Crippen molar-refractivity contribution >= 4 is 39.9 Å². The summed E-state index contributed by atoms with van der Waals surface area (Å²) in [5.41, 5.74) is 8.14. The number of ketones is 2. The zero-order valence-electron chi connectivity index (χ0n) is 25.3. The molecule has 0 saturated carbocycles. The minimum Gasteiger partial charge on any atom is -0.457 e. The highest BCUT2D eigenvalue weighted by Gasteiger charge is 2.36. The number of allylic oxidation sites excluding steroid dienone is 5. The Hall–Kier alpha value is -4.96. The molecule has 0 aromatic heterocycles. The number of aryl methyl sites for hydroxylation is 3. The molecule has 4 aromatic carbocycles. The van der Waals surface area contributed by atoms with Crippen LogP contribution in [0.5, 0.6) is 0 Å². The van der Waals surface area contributed by atoms with Crippen LogP contribution in [0.2, 0.25) is 0 Å². The van der Waals surface area contributed by atoms with Crippen molar-refractivity contribution in [3.63, 3.8) is 0 Å². The average molecular weight is 566 g/mol. The Bertz CT molecular complexity index is 1830. The maximum atomic E-state index is 13.8. The van der Waals surface area contributed by atoms with Gasteiger partial charge in [-0.15, -0.1) is 0 Å². The maximum Gasteiger partial charge on any atom is 0.198 e. The second-order valence-corrected chi connectivity index (χ2v) is 11.3. The molecule has 0 bridgehead atoms. The van der Waals surface area contributed by atoms with E-state index in [0.29, 0.717) is 28.2 Å². The van der Waals surface area contributed by atoms with Gasteiger partial charge in [0.15, 0.2) is 11.6 Å². The number of carbonyl (C=O) groups is 2. The summed E-state index contributed by atoms with van der Waals surface area (Å²) >= 11 is 0. The molecule has 214 valence electrons. The first-order chi connectivity index (χ1) is 20.8. The molecule has 1 aliphatic carbocycles. The van der Waals surface area contributed by atoms with Crippen LogP contribution in [0.4, 0.5) is 5.69 Å². The van der Waals surface area contributed by atoms with E-state index in [2.05, 4.69) is 75.9 Å². The quantitative estimate of drug-likeness (QED) is 0.173. The van der Waals surface area contributed by atoms with E-state index in [9.17, 15) is 9.59 Å². The first kappa shape index (κ1) is 28.2. The monoisotopic (exact) mass is 565 g/mol. The van der Waals surface area contributed by atoms with Crippen molar-refractivity contribution in [1.29, 1.82) is 0 Å². The minimum absolute atomic E-state index is 0.183. The molecule has 43 heavy (non-hydrogen) atoms. The topological polar surface area (TPSA) is 46.6 Å². The number of rotatable bonds is 6. The van der Waals surface area contributed by atoms with Gasteiger partial charge in [-0.25, -0.2) is 0 Å². The molecule has 1 heterocycles. The summed E-state index contributed by atoms with van der Waals surface area (Å²) in [5, 5.41) is 1.88. The van der Waals surface area contributed by atoms with E-state index >= 15 is 0 Å². The van der Waals surface area contributed by atoms with Crippen molar-refractivity contribution in [3.8, 4) is 0 Å². The van der Waals surface area contributed by atoms with E-state index in [1.54, 1.807) is 6.08 Å². The van der Waals surface area contributed by atoms with Gasteiger partial charge in [0, 0.05) is 35.5 Å². The van der Waals surface area contributed by atoms with Gasteiger partial charge in [-0.3, -0.25) is 9.59 Å². The Labute approximate surface area is 253 Å². The molecule has 0 unspecified atom stereocenters. The van der Waals surface area contributed by atoms with Gasteiger partial charge in [-0.1, -0.05) is 60.2 Å². The van der Waals surface area contributed by atoms with Gasteiger partial charge in [-0.05, 0) is 110 Å². The minimum atomic E-state index is -0.248. The van der Waals surface area contributed by atoms with E-state index in [1.807, 2.05) is 54.6 Å². The summed E-state index contributed by atoms with van der Waals surface area (Å²) in [6, 6.07) is 24.1. The molecule has 0 spiro atoms. The highest BCUT2D eigenvalue weighted by molar-refractivity contribution is 6.41. The molecule has 1 aliphatic heterocycles. The van der Waals surface area contributed by atoms with Crippen LogP contribution >= 0.6 is 0 Å². The molecular weight excluding hydrogens is 530 g/mol. The van der Waals surface area contributed by atoms with Crippen LogP contribution in [-0.2, 0) is 4.74 Å². The van der Waals surface area contributed by atoms with Gasteiger partial charge in [0.1, 0.15) is 11.5 Å². The third-order valence-electron chi connectivity index (χ3n) is 8.32. The summed E-state index contributed by atoms with van der Waals surface area (Å²) < 4.78 is 6.46. The first-order valence-electron chi connectivity index (χ1n) is 14.9. The lowest BCUT2D eigenvalue weighted by atomic mass is 9.94. The average Bonchev–Trinajstić information content (AvgIpc) is 3.24. The van der Waals surface area contributed by atoms with Crippen LogP contribution in [0.3, 0.4) is 0 Å². The van der Waals surface area contributed by atoms with Gasteiger partial charge >= 0.3 is 0 Å². The predicted molar refractivity (Wildman–Crippen MR) is 176 cm³/mol. The molecule has 4 heteroatoms. The van der Waals surface area contributed by atoms with E-state index < -0.39 is 0 Å². The van der Waals surface area contributed by atoms with Crippen molar-refractivity contribution in [1.82, 2.24) is 0 Å². The predicted octanol–water partition coefficient (Wildman–Crippen LogP) is 8.96. The number of fused-ring (bicyclic) bond motifs is 2. The van der Waals surface area contributed by atoms with Crippen LogP contribution in [0, 0.1) is 20.8 Å². The van der Waals surface area contributed by atoms with Crippen LogP contribution in [-0.4, -0.2) is 24.7 Å². The number of hydrogen-bond acceptors (Lipinski definition) is 4. The Morgan fingerprint density at radius 1 is 0.721 bits per heavy atom. The fourth-order valence-electron chi connectivity index (χ4n) is 6.25. The zero-order valence-corrected chi connectivity index (χ0v) is 25.3. The number of anilines is 1. The molecule has 6 rings (SSSR count). The fourth-order valence-corrected chi connectivity index (χ4v) is 6.25. The highest BCUT2D eigenvalue weighted by atomic mass is 16.5. The largest absolute Gasteiger partial charge is 0.457 e. The van der Waals surface area contributed by atoms with Crippen molar-refractivity contribution < 1.29 is 14.3 Å². The summed E-state index contributed by atoms with van der Waals surface area (Å²) in [7, 11) is 0. The van der Waals surface area contributed by atoms with Crippen molar-refractivity contribution in [2.75, 3.05) is 18.0 Å². The van der Waals surface area contributed by atoms with E-state index in [1.165, 1.54) is 11.3 Å². The standard InChI is InChI=1S/C39H35NO3/c1-6-40(7-2)31-15-12-27(13-16-31)14-17-32-20-30(23-35(43-32)36-25(4)18-24(3)19-26(36)5)37-38(41)33-21-28-10-8-9-11-29(28)22-34(33)39(37)42/h8-23H,6-7H2,1-5H3. The summed E-state index contributed by atoms with van der Waals surface area (Å²) in [5.74, 6) is 0.691. The molecule has 4 nitrogen and oxygen atoms in total. The molecule has 0 amide bonds. The number of benzene rings is 4. The molecule has 4 aromatic rings. The lowest BCUT2D eigenvalue weighted by molar-refractivity contribution is 0.0988. The lowest BCUT2D eigenvalue weighted by Crippen LogP contribution is -2.21. The van der Waals surface area contributed by atoms with Crippen molar-refractivity contribution in [2.45, 2.75) is 34.6 Å². The Kier molecular flexibility index (Phi) is 7.45. The number of nitrogens with zero attached hydrogens (tertiary/aromatic N) is 1. The normalized spacial score (nSPS) is 14.7. The Morgan fingerprint density at radius 3 is 1.86 bits per heavy atom. The van der Waals surface area contributed by atoms with Gasteiger partial charge in [0.05, 0.1) is 5.57 Å². The maximum absolute atomic E-state index is 13.8. The van der Waals surface area contributed by atoms with Crippen molar-refractivity contribution in [2.24, 2.45) is 0 Å². The van der Waals surface area contributed by atoms with Gasteiger partial charge in [0.25, 0.3) is 0 Å². The molecule has 0 N–H and O–H groups in total. The zero-order chi connectivity index (χ0) is 30.2. The van der Waals surface area contributed by atoms with Crippen LogP contribution in [0.25, 0.3) is 22.6 Å². The number of carbonyl (C=O) groups excluding carboxylic acids is 2. The number of hydrogen-bond donors (Lipinski definition) is 0.